The van der Waals surface area contributed by atoms with Gasteiger partial charge in [-0.15, -0.1) is 35.3 Å². The molecule has 0 amide bonds. The molecule has 0 spiro atoms. The monoisotopic (exact) mass is 819 g/mol. The number of ether oxygens (including phenoxy) is 3. The Morgan fingerprint density at radius 1 is 0.426 bits per heavy atom. The van der Waals surface area contributed by atoms with Crippen LogP contribution in [0.3, 0.4) is 0 Å². The van der Waals surface area contributed by atoms with E-state index >= 15 is 0 Å². The molecule has 0 saturated carbocycles. The molecule has 312 valence electrons. The number of nitrogens with zero attached hydrogens (tertiary/aromatic N) is 3. The zero-order chi connectivity index (χ0) is 41.9. The predicted octanol–water partition coefficient (Wildman–Crippen LogP) is 6.65. The van der Waals surface area contributed by atoms with E-state index in [2.05, 4.69) is 104 Å². The SMILES string of the molecule is CC(C)(C)CC(C)(C)SCC(=O)OCCn1c(=O)n(CCOC(=O)CSC(C)(C)CC(C)(C)C)c(=O)n(CCOC(=O)CSC(C)(C)CC(C)(C)C)c1=O. The highest BCUT2D eigenvalue weighted by molar-refractivity contribution is 8.01. The van der Waals surface area contributed by atoms with Crippen LogP contribution >= 0.6 is 35.3 Å². The molecule has 1 rings (SSSR count). The summed E-state index contributed by atoms with van der Waals surface area (Å²) in [4.78, 5) is 78.3. The summed E-state index contributed by atoms with van der Waals surface area (Å²) in [6.07, 6.45) is 2.63. The van der Waals surface area contributed by atoms with Crippen LogP contribution in [0.5, 0.6) is 0 Å². The van der Waals surface area contributed by atoms with Crippen molar-refractivity contribution in [2.75, 3.05) is 37.1 Å². The number of carbonyl (C=O) groups excluding carboxylic acids is 3. The summed E-state index contributed by atoms with van der Waals surface area (Å²) in [6.45, 7) is 29.8. The smallest absolute Gasteiger partial charge is 0.336 e. The van der Waals surface area contributed by atoms with Crippen molar-refractivity contribution < 1.29 is 28.6 Å². The van der Waals surface area contributed by atoms with Gasteiger partial charge in [-0.3, -0.25) is 14.4 Å². The molecule has 0 aliphatic carbocycles. The Balaban J connectivity index is 3.12. The summed E-state index contributed by atoms with van der Waals surface area (Å²) >= 11 is 4.41. The molecule has 1 aromatic rings. The molecule has 0 bridgehead atoms. The van der Waals surface area contributed by atoms with Crippen molar-refractivity contribution in [1.29, 1.82) is 0 Å². The lowest BCUT2D eigenvalue weighted by molar-refractivity contribution is -0.141. The lowest BCUT2D eigenvalue weighted by Gasteiger charge is -2.31. The van der Waals surface area contributed by atoms with E-state index in [0.717, 1.165) is 33.0 Å². The van der Waals surface area contributed by atoms with E-state index in [9.17, 15) is 28.8 Å². The molecule has 0 atom stereocenters. The van der Waals surface area contributed by atoms with Crippen LogP contribution in [0.15, 0.2) is 14.4 Å². The van der Waals surface area contributed by atoms with Crippen LogP contribution in [0.4, 0.5) is 0 Å². The molecule has 0 aliphatic heterocycles. The second-order valence-corrected chi connectivity index (χ2v) is 24.4. The maximum Gasteiger partial charge on any atom is 0.336 e. The van der Waals surface area contributed by atoms with Crippen LogP contribution in [-0.2, 0) is 48.2 Å². The first-order valence-electron chi connectivity index (χ1n) is 18.7. The lowest BCUT2D eigenvalue weighted by atomic mass is 9.86. The minimum atomic E-state index is -0.927. The highest BCUT2D eigenvalue weighted by Crippen LogP contribution is 2.38. The maximum atomic E-state index is 13.5. The largest absolute Gasteiger partial charge is 0.463 e. The molecule has 0 unspecified atom stereocenters. The van der Waals surface area contributed by atoms with Gasteiger partial charge in [0.15, 0.2) is 0 Å². The van der Waals surface area contributed by atoms with Crippen molar-refractivity contribution in [2.24, 2.45) is 16.2 Å². The molecule has 0 N–H and O–H groups in total. The zero-order valence-corrected chi connectivity index (χ0v) is 38.2. The molecule has 12 nitrogen and oxygen atoms in total. The van der Waals surface area contributed by atoms with Gasteiger partial charge in [-0.1, -0.05) is 104 Å². The first-order valence-corrected chi connectivity index (χ1v) is 21.6. The normalized spacial score (nSPS) is 13.2. The number of hydrogen-bond acceptors (Lipinski definition) is 12. The number of esters is 3. The molecule has 0 fully saturated rings. The molecule has 0 saturated heterocycles. The fourth-order valence-electron chi connectivity index (χ4n) is 6.88. The molecular formula is C39H69N3O9S3. The van der Waals surface area contributed by atoms with Gasteiger partial charge in [0.05, 0.1) is 36.9 Å². The fourth-order valence-corrected chi connectivity index (χ4v) is 10.3. The summed E-state index contributed by atoms with van der Waals surface area (Å²) in [5.41, 5.74) is -2.56. The number of aromatic nitrogens is 3. The average molecular weight is 820 g/mol. The summed E-state index contributed by atoms with van der Waals surface area (Å²) in [6, 6.07) is 0. The van der Waals surface area contributed by atoms with Crippen LogP contribution in [0.25, 0.3) is 0 Å². The van der Waals surface area contributed by atoms with E-state index in [0.29, 0.717) is 0 Å². The van der Waals surface area contributed by atoms with Crippen LogP contribution in [0, 0.1) is 16.2 Å². The quantitative estimate of drug-likeness (QED) is 0.0968. The van der Waals surface area contributed by atoms with E-state index in [-0.39, 0.29) is 87.2 Å². The average Bonchev–Trinajstić information content (AvgIpc) is 2.95. The topological polar surface area (TPSA) is 145 Å². The van der Waals surface area contributed by atoms with Crippen molar-refractivity contribution in [3.8, 4) is 0 Å². The summed E-state index contributed by atoms with van der Waals surface area (Å²) in [5.74, 6) is -1.19. The van der Waals surface area contributed by atoms with Gasteiger partial charge in [0, 0.05) is 14.2 Å². The zero-order valence-electron chi connectivity index (χ0n) is 35.7. The maximum absolute atomic E-state index is 13.5. The number of rotatable bonds is 21. The highest BCUT2D eigenvalue weighted by atomic mass is 32.2. The highest BCUT2D eigenvalue weighted by Gasteiger charge is 2.29. The van der Waals surface area contributed by atoms with Crippen molar-refractivity contribution in [3.63, 3.8) is 0 Å². The van der Waals surface area contributed by atoms with E-state index in [4.69, 9.17) is 14.2 Å². The molecule has 0 radical (unpaired) electrons. The minimum Gasteiger partial charge on any atom is -0.463 e. The number of carbonyl (C=O) groups is 3. The van der Waals surface area contributed by atoms with Crippen molar-refractivity contribution >= 4 is 53.2 Å². The van der Waals surface area contributed by atoms with Gasteiger partial charge in [0.2, 0.25) is 0 Å². The third kappa shape index (κ3) is 20.7. The number of hydrogen-bond donors (Lipinski definition) is 0. The Hall–Kier alpha value is -2.13. The molecule has 0 aromatic carbocycles. The van der Waals surface area contributed by atoms with Gasteiger partial charge >= 0.3 is 35.0 Å². The van der Waals surface area contributed by atoms with E-state index < -0.39 is 35.0 Å². The lowest BCUT2D eigenvalue weighted by Crippen LogP contribution is -2.55. The van der Waals surface area contributed by atoms with Gasteiger partial charge in [-0.05, 0) is 35.5 Å². The van der Waals surface area contributed by atoms with Crippen molar-refractivity contribution in [2.45, 2.75) is 157 Å². The Morgan fingerprint density at radius 2 is 0.630 bits per heavy atom. The van der Waals surface area contributed by atoms with Crippen LogP contribution in [0.2, 0.25) is 0 Å². The standard InChI is InChI=1S/C39H69N3O9S3/c1-34(2,3)25-37(10,11)52-22-28(43)49-19-16-40-31(46)41(17-20-50-29(44)23-53-38(12,13)26-35(4,5)6)33(48)42(32(40)47)18-21-51-30(45)24-54-39(14,15)27-36(7,8)9/h16-27H2,1-15H3. The van der Waals surface area contributed by atoms with E-state index in [1.165, 1.54) is 35.3 Å². The summed E-state index contributed by atoms with van der Waals surface area (Å²) in [5, 5.41) is 0. The van der Waals surface area contributed by atoms with Gasteiger partial charge in [-0.2, -0.15) is 0 Å². The van der Waals surface area contributed by atoms with Gasteiger partial charge in [-0.25, -0.2) is 28.1 Å². The molecule has 1 heterocycles. The van der Waals surface area contributed by atoms with Crippen LogP contribution in [0.1, 0.15) is 123 Å². The molecule has 1 aromatic heterocycles. The van der Waals surface area contributed by atoms with Gasteiger partial charge in [0.1, 0.15) is 19.8 Å². The molecular weight excluding hydrogens is 751 g/mol. The summed E-state index contributed by atoms with van der Waals surface area (Å²) in [7, 11) is 0. The second-order valence-electron chi connectivity index (χ2n) is 19.3. The van der Waals surface area contributed by atoms with Crippen molar-refractivity contribution in [3.05, 3.63) is 31.5 Å². The third-order valence-electron chi connectivity index (χ3n) is 7.73. The Kier molecular flexibility index (Phi) is 18.8. The first-order chi connectivity index (χ1) is 24.3. The van der Waals surface area contributed by atoms with Crippen molar-refractivity contribution in [1.82, 2.24) is 13.7 Å². The fraction of sp³-hybridized carbons (Fsp3) is 0.846. The Bertz CT molecular complexity index is 1370. The first kappa shape index (κ1) is 49.9. The Morgan fingerprint density at radius 3 is 0.815 bits per heavy atom. The van der Waals surface area contributed by atoms with E-state index in [1.54, 1.807) is 0 Å². The van der Waals surface area contributed by atoms with Gasteiger partial charge < -0.3 is 14.2 Å². The molecule has 0 aliphatic rings. The minimum absolute atomic E-state index is 0.0746. The van der Waals surface area contributed by atoms with E-state index in [1.807, 2.05) is 0 Å². The number of thioether (sulfide) groups is 3. The predicted molar refractivity (Wildman–Crippen MR) is 224 cm³/mol. The summed E-state index contributed by atoms with van der Waals surface area (Å²) < 4.78 is 18.1. The van der Waals surface area contributed by atoms with Crippen LogP contribution in [-0.4, -0.2) is 82.9 Å². The van der Waals surface area contributed by atoms with Crippen LogP contribution < -0.4 is 17.1 Å². The molecule has 15 heteroatoms. The third-order valence-corrected chi connectivity index (χ3v) is 11.6. The Labute approximate surface area is 336 Å². The molecule has 54 heavy (non-hydrogen) atoms. The van der Waals surface area contributed by atoms with Gasteiger partial charge in [0.25, 0.3) is 0 Å². The second kappa shape index (κ2) is 20.3.